The van der Waals surface area contributed by atoms with Gasteiger partial charge in [0.2, 0.25) is 0 Å². The Kier molecular flexibility index (Phi) is 4.11. The molecule has 0 aliphatic carbocycles. The zero-order valence-electron chi connectivity index (χ0n) is 9.80. The van der Waals surface area contributed by atoms with Gasteiger partial charge in [0, 0.05) is 12.8 Å². The standard InChI is InChI=1S/C15H13ClO2/c16-15(6-8-18)13-9-11-3-1-2-4-14(11)12(10-13)5-7-17/h1-4,7-10,15H,5-6H2. The summed E-state index contributed by atoms with van der Waals surface area (Å²) in [7, 11) is 0. The van der Waals surface area contributed by atoms with Gasteiger partial charge in [-0.05, 0) is 28.0 Å². The summed E-state index contributed by atoms with van der Waals surface area (Å²) in [4.78, 5) is 21.3. The number of carbonyl (C=O) groups excluding carboxylic acids is 2. The zero-order valence-corrected chi connectivity index (χ0v) is 10.6. The number of rotatable bonds is 5. The number of benzene rings is 2. The molecule has 3 heteroatoms. The molecule has 0 saturated carbocycles. The summed E-state index contributed by atoms with van der Waals surface area (Å²) in [6, 6.07) is 11.8. The molecule has 1 unspecified atom stereocenters. The first-order chi connectivity index (χ1) is 8.76. The van der Waals surface area contributed by atoms with Crippen LogP contribution in [0.25, 0.3) is 10.8 Å². The van der Waals surface area contributed by atoms with Crippen molar-refractivity contribution in [3.8, 4) is 0 Å². The van der Waals surface area contributed by atoms with Crippen LogP contribution >= 0.6 is 11.6 Å². The van der Waals surface area contributed by atoms with Gasteiger partial charge in [-0.1, -0.05) is 30.3 Å². The van der Waals surface area contributed by atoms with E-state index < -0.39 is 0 Å². The van der Waals surface area contributed by atoms with E-state index in [-0.39, 0.29) is 11.8 Å². The summed E-state index contributed by atoms with van der Waals surface area (Å²) < 4.78 is 0. The fraction of sp³-hybridized carbons (Fsp3) is 0.200. The maximum absolute atomic E-state index is 10.7. The van der Waals surface area contributed by atoms with E-state index in [1.165, 1.54) is 0 Å². The Hall–Kier alpha value is -1.67. The Bertz CT molecular complexity index is 578. The van der Waals surface area contributed by atoms with E-state index in [9.17, 15) is 9.59 Å². The van der Waals surface area contributed by atoms with Crippen LogP contribution in [0, 0.1) is 0 Å². The Labute approximate surface area is 111 Å². The average molecular weight is 261 g/mol. The van der Waals surface area contributed by atoms with Gasteiger partial charge in [-0.2, -0.15) is 0 Å². The zero-order chi connectivity index (χ0) is 13.0. The molecule has 2 aromatic carbocycles. The summed E-state index contributed by atoms with van der Waals surface area (Å²) in [6.07, 6.45) is 2.33. The minimum Gasteiger partial charge on any atom is -0.303 e. The van der Waals surface area contributed by atoms with Crippen LogP contribution in [-0.2, 0) is 16.0 Å². The van der Waals surface area contributed by atoms with Crippen molar-refractivity contribution in [3.63, 3.8) is 0 Å². The first kappa shape index (κ1) is 12.8. The van der Waals surface area contributed by atoms with Crippen molar-refractivity contribution in [2.24, 2.45) is 0 Å². The summed E-state index contributed by atoms with van der Waals surface area (Å²) in [6.45, 7) is 0. The largest absolute Gasteiger partial charge is 0.303 e. The first-order valence-electron chi connectivity index (χ1n) is 5.79. The summed E-state index contributed by atoms with van der Waals surface area (Å²) >= 11 is 6.16. The Morgan fingerprint density at radius 2 is 1.89 bits per heavy atom. The van der Waals surface area contributed by atoms with E-state index >= 15 is 0 Å². The topological polar surface area (TPSA) is 34.1 Å². The van der Waals surface area contributed by atoms with Crippen LogP contribution < -0.4 is 0 Å². The quantitative estimate of drug-likeness (QED) is 0.610. The molecule has 2 rings (SSSR count). The lowest BCUT2D eigenvalue weighted by Gasteiger charge is -2.11. The molecule has 0 bridgehead atoms. The van der Waals surface area contributed by atoms with Gasteiger partial charge in [-0.25, -0.2) is 0 Å². The van der Waals surface area contributed by atoms with Gasteiger partial charge in [-0.15, -0.1) is 11.6 Å². The number of aldehydes is 2. The van der Waals surface area contributed by atoms with Crippen LogP contribution in [0.3, 0.4) is 0 Å². The minimum atomic E-state index is -0.336. The van der Waals surface area contributed by atoms with Crippen molar-refractivity contribution in [2.45, 2.75) is 18.2 Å². The lowest BCUT2D eigenvalue weighted by atomic mass is 9.97. The molecule has 92 valence electrons. The maximum Gasteiger partial charge on any atom is 0.124 e. The monoisotopic (exact) mass is 260 g/mol. The van der Waals surface area contributed by atoms with Crippen molar-refractivity contribution >= 4 is 34.9 Å². The molecular formula is C15H13ClO2. The predicted octanol–water partition coefficient (Wildman–Crippen LogP) is 3.45. The molecule has 0 radical (unpaired) electrons. The Balaban J connectivity index is 2.56. The van der Waals surface area contributed by atoms with Gasteiger partial charge >= 0.3 is 0 Å². The van der Waals surface area contributed by atoms with E-state index in [0.717, 1.165) is 34.5 Å². The molecule has 0 amide bonds. The molecule has 18 heavy (non-hydrogen) atoms. The summed E-state index contributed by atoms with van der Waals surface area (Å²) in [5.41, 5.74) is 1.84. The van der Waals surface area contributed by atoms with Crippen LogP contribution in [0.5, 0.6) is 0 Å². The highest BCUT2D eigenvalue weighted by atomic mass is 35.5. The van der Waals surface area contributed by atoms with Gasteiger partial charge < -0.3 is 9.59 Å². The molecule has 0 aliphatic heterocycles. The van der Waals surface area contributed by atoms with E-state index in [1.54, 1.807) is 0 Å². The molecule has 0 fully saturated rings. The van der Waals surface area contributed by atoms with Crippen LogP contribution in [0.2, 0.25) is 0 Å². The lowest BCUT2D eigenvalue weighted by molar-refractivity contribution is -0.108. The van der Waals surface area contributed by atoms with Crippen LogP contribution in [0.15, 0.2) is 36.4 Å². The fourth-order valence-corrected chi connectivity index (χ4v) is 2.27. The normalized spacial score (nSPS) is 12.3. The number of hydrogen-bond donors (Lipinski definition) is 0. The van der Waals surface area contributed by atoms with Gasteiger partial charge in [0.1, 0.15) is 12.6 Å². The molecular weight excluding hydrogens is 248 g/mol. The number of halogens is 1. The Morgan fingerprint density at radius 1 is 1.11 bits per heavy atom. The Morgan fingerprint density at radius 3 is 2.61 bits per heavy atom. The third-order valence-corrected chi connectivity index (χ3v) is 3.37. The summed E-state index contributed by atoms with van der Waals surface area (Å²) in [5, 5.41) is 1.77. The van der Waals surface area contributed by atoms with E-state index in [0.29, 0.717) is 6.42 Å². The van der Waals surface area contributed by atoms with Gasteiger partial charge in [0.05, 0.1) is 5.38 Å². The smallest absolute Gasteiger partial charge is 0.124 e. The number of fused-ring (bicyclic) bond motifs is 1. The molecule has 2 nitrogen and oxygen atoms in total. The summed E-state index contributed by atoms with van der Waals surface area (Å²) in [5.74, 6) is 0. The van der Waals surface area contributed by atoms with E-state index in [4.69, 9.17) is 11.6 Å². The molecule has 0 spiro atoms. The first-order valence-corrected chi connectivity index (χ1v) is 6.23. The van der Waals surface area contributed by atoms with Crippen molar-refractivity contribution < 1.29 is 9.59 Å². The third-order valence-electron chi connectivity index (χ3n) is 2.94. The van der Waals surface area contributed by atoms with Crippen molar-refractivity contribution in [3.05, 3.63) is 47.5 Å². The van der Waals surface area contributed by atoms with Gasteiger partial charge in [0.25, 0.3) is 0 Å². The lowest BCUT2D eigenvalue weighted by Crippen LogP contribution is -1.96. The van der Waals surface area contributed by atoms with Crippen LogP contribution in [0.4, 0.5) is 0 Å². The SMILES string of the molecule is O=CCc1cc(C(Cl)CC=O)cc2ccccc12. The minimum absolute atomic E-state index is 0.278. The highest BCUT2D eigenvalue weighted by molar-refractivity contribution is 6.21. The number of hydrogen-bond acceptors (Lipinski definition) is 2. The molecule has 1 atom stereocenters. The van der Waals surface area contributed by atoms with Crippen LogP contribution in [-0.4, -0.2) is 12.6 Å². The number of carbonyl (C=O) groups is 2. The van der Waals surface area contributed by atoms with E-state index in [1.807, 2.05) is 36.4 Å². The maximum atomic E-state index is 10.7. The fourth-order valence-electron chi connectivity index (χ4n) is 2.08. The van der Waals surface area contributed by atoms with Crippen molar-refractivity contribution in [1.82, 2.24) is 0 Å². The molecule has 0 saturated heterocycles. The second kappa shape index (κ2) is 5.78. The van der Waals surface area contributed by atoms with Crippen molar-refractivity contribution in [2.75, 3.05) is 0 Å². The molecule has 0 N–H and O–H groups in total. The molecule has 0 heterocycles. The van der Waals surface area contributed by atoms with Crippen molar-refractivity contribution in [1.29, 1.82) is 0 Å². The highest BCUT2D eigenvalue weighted by Crippen LogP contribution is 2.29. The number of alkyl halides is 1. The third kappa shape index (κ3) is 2.59. The average Bonchev–Trinajstić information content (AvgIpc) is 2.39. The molecule has 0 aliphatic rings. The second-order valence-electron chi connectivity index (χ2n) is 4.14. The van der Waals surface area contributed by atoms with Gasteiger partial charge in [-0.3, -0.25) is 0 Å². The predicted molar refractivity (Wildman–Crippen MR) is 73.0 cm³/mol. The highest BCUT2D eigenvalue weighted by Gasteiger charge is 2.10. The second-order valence-corrected chi connectivity index (χ2v) is 4.67. The van der Waals surface area contributed by atoms with E-state index in [2.05, 4.69) is 0 Å². The van der Waals surface area contributed by atoms with Gasteiger partial charge in [0.15, 0.2) is 0 Å². The molecule has 2 aromatic rings. The molecule has 0 aromatic heterocycles. The van der Waals surface area contributed by atoms with Crippen LogP contribution in [0.1, 0.15) is 22.9 Å².